The van der Waals surface area contributed by atoms with Crippen molar-refractivity contribution in [3.63, 3.8) is 0 Å². The Morgan fingerprint density at radius 1 is 0.783 bits per heavy atom. The van der Waals surface area contributed by atoms with Crippen molar-refractivity contribution in [1.82, 2.24) is 0 Å². The summed E-state index contributed by atoms with van der Waals surface area (Å²) >= 11 is 6.06. The molecule has 0 spiro atoms. The molecule has 0 radical (unpaired) electrons. The maximum absolute atomic E-state index is 13.9. The van der Waals surface area contributed by atoms with Crippen molar-refractivity contribution < 1.29 is 4.39 Å². The zero-order chi connectivity index (χ0) is 16.1. The van der Waals surface area contributed by atoms with E-state index >= 15 is 0 Å². The number of hydrogen-bond acceptors (Lipinski definition) is 2. The number of rotatable bonds is 4. The van der Waals surface area contributed by atoms with Crippen LogP contribution < -0.4 is 5.01 Å². The van der Waals surface area contributed by atoms with Crippen molar-refractivity contribution in [2.45, 2.75) is 0 Å². The molecule has 0 atom stereocenters. The zero-order valence-corrected chi connectivity index (χ0v) is 13.0. The van der Waals surface area contributed by atoms with Crippen LogP contribution in [0.1, 0.15) is 5.56 Å². The first kappa shape index (κ1) is 15.3. The Kier molecular flexibility index (Phi) is 4.69. The summed E-state index contributed by atoms with van der Waals surface area (Å²) in [6, 6.07) is 23.9. The molecule has 3 rings (SSSR count). The highest BCUT2D eigenvalue weighted by Crippen LogP contribution is 2.25. The van der Waals surface area contributed by atoms with E-state index in [0.717, 1.165) is 11.4 Å². The molecular formula is C19H14ClFN2. The molecule has 23 heavy (non-hydrogen) atoms. The fourth-order valence-electron chi connectivity index (χ4n) is 2.17. The van der Waals surface area contributed by atoms with E-state index in [1.54, 1.807) is 17.1 Å². The lowest BCUT2D eigenvalue weighted by atomic mass is 10.2. The molecule has 0 aliphatic heterocycles. The molecule has 0 aromatic heterocycles. The van der Waals surface area contributed by atoms with Gasteiger partial charge in [0.25, 0.3) is 0 Å². The molecule has 3 aromatic carbocycles. The van der Waals surface area contributed by atoms with Crippen molar-refractivity contribution in [3.05, 3.63) is 95.3 Å². The first-order valence-corrected chi connectivity index (χ1v) is 7.52. The SMILES string of the molecule is Fc1cccc(Cl)c1/C=N\N(c1ccccc1)c1ccccc1. The van der Waals surface area contributed by atoms with Crippen LogP contribution in [0.3, 0.4) is 0 Å². The van der Waals surface area contributed by atoms with Crippen molar-refractivity contribution in [1.29, 1.82) is 0 Å². The van der Waals surface area contributed by atoms with Gasteiger partial charge in [0.05, 0.1) is 22.6 Å². The molecule has 4 heteroatoms. The first-order chi connectivity index (χ1) is 11.3. The summed E-state index contributed by atoms with van der Waals surface area (Å²) in [5.41, 5.74) is 2.02. The fourth-order valence-corrected chi connectivity index (χ4v) is 2.38. The van der Waals surface area contributed by atoms with Gasteiger partial charge in [-0.3, -0.25) is 0 Å². The Balaban J connectivity index is 2.02. The largest absolute Gasteiger partial charge is 0.234 e. The van der Waals surface area contributed by atoms with Gasteiger partial charge in [-0.1, -0.05) is 54.1 Å². The summed E-state index contributed by atoms with van der Waals surface area (Å²) in [5.74, 6) is -0.401. The number of hydrogen-bond donors (Lipinski definition) is 0. The monoisotopic (exact) mass is 324 g/mol. The van der Waals surface area contributed by atoms with Gasteiger partial charge in [0.2, 0.25) is 0 Å². The van der Waals surface area contributed by atoms with Crippen molar-refractivity contribution in [2.24, 2.45) is 5.10 Å². The van der Waals surface area contributed by atoms with Crippen molar-refractivity contribution in [2.75, 3.05) is 5.01 Å². The third-order valence-electron chi connectivity index (χ3n) is 3.30. The summed E-state index contributed by atoms with van der Waals surface area (Å²) in [5, 5.41) is 6.51. The second kappa shape index (κ2) is 7.07. The number of hydrazone groups is 1. The molecule has 0 aliphatic rings. The number of halogens is 2. The molecule has 3 aromatic rings. The minimum absolute atomic E-state index is 0.269. The van der Waals surface area contributed by atoms with E-state index in [2.05, 4.69) is 5.10 Å². The standard InChI is InChI=1S/C19H14ClFN2/c20-18-12-7-13-19(21)17(18)14-22-23(15-8-3-1-4-9-15)16-10-5-2-6-11-16/h1-14H/b22-14-. The molecule has 114 valence electrons. The van der Waals surface area contributed by atoms with Crippen LogP contribution in [0.15, 0.2) is 84.0 Å². The fraction of sp³-hybridized carbons (Fsp3) is 0. The third kappa shape index (κ3) is 3.58. The lowest BCUT2D eigenvalue weighted by Crippen LogP contribution is -2.09. The Hall–Kier alpha value is -2.65. The van der Waals surface area contributed by atoms with E-state index in [1.807, 2.05) is 60.7 Å². The maximum atomic E-state index is 13.9. The van der Waals surface area contributed by atoms with Gasteiger partial charge in [0, 0.05) is 5.56 Å². The van der Waals surface area contributed by atoms with Gasteiger partial charge < -0.3 is 0 Å². The van der Waals surface area contributed by atoms with Crippen LogP contribution in [0, 0.1) is 5.82 Å². The van der Waals surface area contributed by atoms with Crippen LogP contribution >= 0.6 is 11.6 Å². The number of benzene rings is 3. The smallest absolute Gasteiger partial charge is 0.133 e. The molecule has 0 amide bonds. The molecule has 0 saturated carbocycles. The second-order valence-electron chi connectivity index (χ2n) is 4.86. The van der Waals surface area contributed by atoms with Crippen molar-refractivity contribution in [3.8, 4) is 0 Å². The first-order valence-electron chi connectivity index (χ1n) is 7.14. The van der Waals surface area contributed by atoms with Crippen molar-refractivity contribution >= 4 is 29.2 Å². The van der Waals surface area contributed by atoms with E-state index in [4.69, 9.17) is 11.6 Å². The molecule has 0 aliphatic carbocycles. The summed E-state index contributed by atoms with van der Waals surface area (Å²) in [4.78, 5) is 0. The van der Waals surface area contributed by atoms with E-state index in [0.29, 0.717) is 5.02 Å². The van der Waals surface area contributed by atoms with Gasteiger partial charge in [0.15, 0.2) is 0 Å². The molecule has 0 heterocycles. The normalized spacial score (nSPS) is 10.9. The predicted octanol–water partition coefficient (Wildman–Crippen LogP) is 5.65. The highest BCUT2D eigenvalue weighted by Gasteiger charge is 2.08. The van der Waals surface area contributed by atoms with Gasteiger partial charge in [0.1, 0.15) is 5.82 Å². The molecule has 0 unspecified atom stereocenters. The van der Waals surface area contributed by atoms with E-state index in [9.17, 15) is 4.39 Å². The van der Waals surface area contributed by atoms with Gasteiger partial charge in [-0.25, -0.2) is 9.40 Å². The van der Waals surface area contributed by atoms with E-state index in [-0.39, 0.29) is 5.56 Å². The van der Waals surface area contributed by atoms with Crippen LogP contribution in [-0.4, -0.2) is 6.21 Å². The molecule has 0 saturated heterocycles. The lowest BCUT2D eigenvalue weighted by molar-refractivity contribution is 0.626. The molecule has 2 nitrogen and oxygen atoms in total. The van der Waals surface area contributed by atoms with Crippen LogP contribution in [0.5, 0.6) is 0 Å². The topological polar surface area (TPSA) is 15.6 Å². The maximum Gasteiger partial charge on any atom is 0.133 e. The second-order valence-corrected chi connectivity index (χ2v) is 5.27. The minimum Gasteiger partial charge on any atom is -0.234 e. The minimum atomic E-state index is -0.401. The van der Waals surface area contributed by atoms with Crippen LogP contribution in [0.25, 0.3) is 0 Å². The van der Waals surface area contributed by atoms with Gasteiger partial charge in [-0.2, -0.15) is 5.10 Å². The van der Waals surface area contributed by atoms with Crippen LogP contribution in [0.4, 0.5) is 15.8 Å². The van der Waals surface area contributed by atoms with E-state index in [1.165, 1.54) is 12.3 Å². The molecule has 0 bridgehead atoms. The molecule has 0 fully saturated rings. The number of para-hydroxylation sites is 2. The van der Waals surface area contributed by atoms with Gasteiger partial charge >= 0.3 is 0 Å². The Bertz CT molecular complexity index is 744. The third-order valence-corrected chi connectivity index (χ3v) is 3.63. The molecular weight excluding hydrogens is 311 g/mol. The Labute approximate surface area is 139 Å². The summed E-state index contributed by atoms with van der Waals surface area (Å²) in [6.45, 7) is 0. The summed E-state index contributed by atoms with van der Waals surface area (Å²) < 4.78 is 13.9. The highest BCUT2D eigenvalue weighted by atomic mass is 35.5. The predicted molar refractivity (Wildman–Crippen MR) is 94.0 cm³/mol. The number of nitrogens with zero attached hydrogens (tertiary/aromatic N) is 2. The zero-order valence-electron chi connectivity index (χ0n) is 12.2. The highest BCUT2D eigenvalue weighted by molar-refractivity contribution is 6.33. The summed E-state index contributed by atoms with van der Waals surface area (Å²) in [7, 11) is 0. The van der Waals surface area contributed by atoms with E-state index < -0.39 is 5.82 Å². The average Bonchev–Trinajstić information content (AvgIpc) is 2.59. The van der Waals surface area contributed by atoms with Crippen LogP contribution in [-0.2, 0) is 0 Å². The Morgan fingerprint density at radius 3 is 1.87 bits per heavy atom. The quantitative estimate of drug-likeness (QED) is 0.447. The lowest BCUT2D eigenvalue weighted by Gasteiger charge is -2.19. The Morgan fingerprint density at radius 2 is 1.35 bits per heavy atom. The van der Waals surface area contributed by atoms with Gasteiger partial charge in [-0.15, -0.1) is 0 Å². The summed E-state index contributed by atoms with van der Waals surface area (Å²) in [6.07, 6.45) is 1.44. The van der Waals surface area contributed by atoms with Gasteiger partial charge in [-0.05, 0) is 36.4 Å². The number of anilines is 2. The average molecular weight is 325 g/mol. The molecule has 0 N–H and O–H groups in total. The van der Waals surface area contributed by atoms with Crippen LogP contribution in [0.2, 0.25) is 5.02 Å².